The fourth-order valence-electron chi connectivity index (χ4n) is 3.20. The van der Waals surface area contributed by atoms with Gasteiger partial charge in [0, 0.05) is 11.7 Å². The Kier molecular flexibility index (Phi) is 3.77. The van der Waals surface area contributed by atoms with Crippen LogP contribution in [0.3, 0.4) is 0 Å². The minimum atomic E-state index is -0.127. The molecule has 0 radical (unpaired) electrons. The minimum absolute atomic E-state index is 0.0131. The van der Waals surface area contributed by atoms with E-state index in [1.165, 1.54) is 28.7 Å². The number of aromatic nitrogens is 2. The van der Waals surface area contributed by atoms with Crippen molar-refractivity contribution in [1.82, 2.24) is 14.5 Å². The van der Waals surface area contributed by atoms with Gasteiger partial charge in [-0.1, -0.05) is 6.08 Å². The monoisotopic (exact) mass is 329 g/mol. The number of carbonyl (C=O) groups excluding carboxylic acids is 1. The molecule has 2 heterocycles. The first-order valence-electron chi connectivity index (χ1n) is 8.18. The highest BCUT2D eigenvalue weighted by Gasteiger charge is 2.35. The lowest BCUT2D eigenvalue weighted by Crippen LogP contribution is -2.37. The van der Waals surface area contributed by atoms with E-state index in [0.29, 0.717) is 11.4 Å². The van der Waals surface area contributed by atoms with Crippen molar-refractivity contribution < 1.29 is 4.79 Å². The molecule has 23 heavy (non-hydrogen) atoms. The average molecular weight is 329 g/mol. The zero-order valence-corrected chi connectivity index (χ0v) is 13.7. The number of hydrogen-bond acceptors (Lipinski definition) is 4. The largest absolute Gasteiger partial charge is 0.312 e. The lowest BCUT2D eigenvalue weighted by atomic mass is 10.0. The van der Waals surface area contributed by atoms with E-state index in [1.54, 1.807) is 6.07 Å². The second kappa shape index (κ2) is 5.92. The van der Waals surface area contributed by atoms with Gasteiger partial charge in [-0.25, -0.2) is 4.98 Å². The minimum Gasteiger partial charge on any atom is -0.312 e. The molecule has 2 aliphatic carbocycles. The van der Waals surface area contributed by atoms with Crippen LogP contribution in [0.5, 0.6) is 0 Å². The highest BCUT2D eigenvalue weighted by Crippen LogP contribution is 2.33. The van der Waals surface area contributed by atoms with Crippen LogP contribution >= 0.6 is 11.3 Å². The summed E-state index contributed by atoms with van der Waals surface area (Å²) in [5, 5.41) is 2.45. The van der Waals surface area contributed by atoms with Gasteiger partial charge in [0.05, 0.1) is 11.7 Å². The van der Waals surface area contributed by atoms with Crippen molar-refractivity contribution in [2.24, 2.45) is 0 Å². The Morgan fingerprint density at radius 2 is 2.26 bits per heavy atom. The molecule has 1 saturated carbocycles. The third-order valence-electron chi connectivity index (χ3n) is 4.51. The molecule has 0 atom stereocenters. The fraction of sp³-hybridized carbons (Fsp3) is 0.471. The molecule has 6 heteroatoms. The number of fused-ring (bicyclic) bond motifs is 1. The maximum absolute atomic E-state index is 12.8. The van der Waals surface area contributed by atoms with Crippen LogP contribution in [0.25, 0.3) is 10.2 Å². The fourth-order valence-corrected chi connectivity index (χ4v) is 3.92. The molecule has 1 amide bonds. The molecule has 0 aliphatic heterocycles. The van der Waals surface area contributed by atoms with E-state index in [9.17, 15) is 9.59 Å². The Morgan fingerprint density at radius 1 is 1.39 bits per heavy atom. The smallest absolute Gasteiger partial charge is 0.262 e. The van der Waals surface area contributed by atoms with Crippen molar-refractivity contribution in [1.29, 1.82) is 0 Å². The molecular formula is C17H19N3O2S. The molecule has 0 N–H and O–H groups in total. The van der Waals surface area contributed by atoms with Gasteiger partial charge < -0.3 is 4.90 Å². The molecule has 0 saturated heterocycles. The van der Waals surface area contributed by atoms with Crippen LogP contribution in [-0.2, 0) is 11.3 Å². The highest BCUT2D eigenvalue weighted by atomic mass is 32.1. The van der Waals surface area contributed by atoms with Crippen LogP contribution in [0.15, 0.2) is 34.3 Å². The third-order valence-corrected chi connectivity index (χ3v) is 5.33. The van der Waals surface area contributed by atoms with Crippen molar-refractivity contribution >= 4 is 27.5 Å². The van der Waals surface area contributed by atoms with Crippen LogP contribution in [0.4, 0.5) is 0 Å². The molecule has 2 aromatic heterocycles. The summed E-state index contributed by atoms with van der Waals surface area (Å²) < 4.78 is 1.44. The van der Waals surface area contributed by atoms with Gasteiger partial charge in [-0.3, -0.25) is 14.2 Å². The molecule has 0 bridgehead atoms. The van der Waals surface area contributed by atoms with Crippen LogP contribution in [-0.4, -0.2) is 26.4 Å². The Hall–Kier alpha value is -1.95. The summed E-state index contributed by atoms with van der Waals surface area (Å²) in [5.41, 5.74) is 1.03. The van der Waals surface area contributed by atoms with Gasteiger partial charge in [0.1, 0.15) is 11.4 Å². The standard InChI is InChI=1S/C17H19N3O2S/c21-15(20(13-6-7-13)12-4-2-1-3-5-12)10-19-11-18-16-14(17(19)22)8-9-23-16/h4,8-9,11,13H,1-3,5-7,10H2. The van der Waals surface area contributed by atoms with Crippen LogP contribution in [0, 0.1) is 0 Å². The van der Waals surface area contributed by atoms with Gasteiger partial charge >= 0.3 is 0 Å². The summed E-state index contributed by atoms with van der Waals surface area (Å²) in [6.45, 7) is 0.0749. The zero-order valence-electron chi connectivity index (χ0n) is 12.9. The average Bonchev–Trinajstić information content (AvgIpc) is 3.27. The quantitative estimate of drug-likeness (QED) is 0.866. The van der Waals surface area contributed by atoms with Crippen LogP contribution < -0.4 is 5.56 Å². The summed E-state index contributed by atoms with van der Waals surface area (Å²) in [6.07, 6.45) is 10.2. The number of rotatable bonds is 4. The van der Waals surface area contributed by atoms with E-state index in [0.717, 1.165) is 42.6 Å². The van der Waals surface area contributed by atoms with Crippen molar-refractivity contribution in [3.05, 3.63) is 39.9 Å². The van der Waals surface area contributed by atoms with Gasteiger partial charge in [0.2, 0.25) is 5.91 Å². The molecule has 4 rings (SSSR count). The number of carbonyl (C=O) groups is 1. The molecule has 5 nitrogen and oxygen atoms in total. The Bertz CT molecular complexity index is 832. The lowest BCUT2D eigenvalue weighted by molar-refractivity contribution is -0.130. The molecule has 0 unspecified atom stereocenters. The Balaban J connectivity index is 1.60. The first-order valence-corrected chi connectivity index (χ1v) is 9.06. The van der Waals surface area contributed by atoms with Gasteiger partial charge in [-0.15, -0.1) is 11.3 Å². The van der Waals surface area contributed by atoms with E-state index in [1.807, 2.05) is 10.3 Å². The molecule has 0 spiro atoms. The van der Waals surface area contributed by atoms with Crippen molar-refractivity contribution in [2.45, 2.75) is 51.1 Å². The summed E-state index contributed by atoms with van der Waals surface area (Å²) >= 11 is 1.44. The van der Waals surface area contributed by atoms with E-state index in [4.69, 9.17) is 0 Å². The predicted octanol–water partition coefficient (Wildman–Crippen LogP) is 2.91. The Labute approximate surface area is 138 Å². The highest BCUT2D eigenvalue weighted by molar-refractivity contribution is 7.16. The molecule has 120 valence electrons. The topological polar surface area (TPSA) is 55.2 Å². The van der Waals surface area contributed by atoms with Crippen molar-refractivity contribution in [3.63, 3.8) is 0 Å². The first-order chi connectivity index (χ1) is 11.2. The van der Waals surface area contributed by atoms with Crippen LogP contribution in [0.1, 0.15) is 38.5 Å². The SMILES string of the molecule is O=C(Cn1cnc2sccc2c1=O)N(C1=CCCCC1)C1CC1. The van der Waals surface area contributed by atoms with E-state index in [2.05, 4.69) is 11.1 Å². The van der Waals surface area contributed by atoms with E-state index >= 15 is 0 Å². The normalized spacial score (nSPS) is 18.0. The van der Waals surface area contributed by atoms with Gasteiger partial charge in [-0.05, 0) is 50.0 Å². The van der Waals surface area contributed by atoms with Crippen molar-refractivity contribution in [2.75, 3.05) is 0 Å². The van der Waals surface area contributed by atoms with Gasteiger partial charge in [0.15, 0.2) is 0 Å². The summed E-state index contributed by atoms with van der Waals surface area (Å²) in [4.78, 5) is 32.2. The molecule has 1 fully saturated rings. The maximum Gasteiger partial charge on any atom is 0.262 e. The Morgan fingerprint density at radius 3 is 3.00 bits per heavy atom. The second-order valence-corrected chi connectivity index (χ2v) is 7.15. The third kappa shape index (κ3) is 2.83. The van der Waals surface area contributed by atoms with Crippen molar-refractivity contribution in [3.8, 4) is 0 Å². The number of amides is 1. The lowest BCUT2D eigenvalue weighted by Gasteiger charge is -2.28. The van der Waals surface area contributed by atoms with Crippen LogP contribution in [0.2, 0.25) is 0 Å². The summed E-state index contributed by atoms with van der Waals surface area (Å²) in [5.74, 6) is 0.0131. The number of nitrogens with zero attached hydrogens (tertiary/aromatic N) is 3. The summed E-state index contributed by atoms with van der Waals surface area (Å²) in [7, 11) is 0. The van der Waals surface area contributed by atoms with Gasteiger partial charge in [0.25, 0.3) is 5.56 Å². The molecule has 0 aromatic carbocycles. The first kappa shape index (κ1) is 14.6. The van der Waals surface area contributed by atoms with Gasteiger partial charge in [-0.2, -0.15) is 0 Å². The van der Waals surface area contributed by atoms with E-state index in [-0.39, 0.29) is 18.0 Å². The maximum atomic E-state index is 12.8. The number of hydrogen-bond donors (Lipinski definition) is 0. The molecule has 2 aromatic rings. The summed E-state index contributed by atoms with van der Waals surface area (Å²) in [6, 6.07) is 2.11. The number of thiophene rings is 1. The zero-order chi connectivity index (χ0) is 15.8. The second-order valence-electron chi connectivity index (χ2n) is 6.25. The molecular weight excluding hydrogens is 310 g/mol. The predicted molar refractivity (Wildman–Crippen MR) is 90.3 cm³/mol. The number of allylic oxidation sites excluding steroid dienone is 2. The molecule has 2 aliphatic rings. The van der Waals surface area contributed by atoms with E-state index < -0.39 is 0 Å².